The van der Waals surface area contributed by atoms with Gasteiger partial charge in [0.25, 0.3) is 5.91 Å². The Labute approximate surface area is 124 Å². The molecule has 0 atom stereocenters. The van der Waals surface area contributed by atoms with Crippen LogP contribution in [0.3, 0.4) is 0 Å². The summed E-state index contributed by atoms with van der Waals surface area (Å²) >= 11 is 0. The molecule has 6 heteroatoms. The molecular formula is C15H22N2O4. The minimum Gasteiger partial charge on any atom is -0.483 e. The third kappa shape index (κ3) is 3.58. The smallest absolute Gasteiger partial charge is 0.260 e. The maximum atomic E-state index is 12.0. The summed E-state index contributed by atoms with van der Waals surface area (Å²) in [5.74, 6) is 1.88. The van der Waals surface area contributed by atoms with Crippen LogP contribution >= 0.6 is 0 Å². The van der Waals surface area contributed by atoms with Crippen molar-refractivity contribution < 1.29 is 19.0 Å². The normalized spacial score (nSPS) is 12.6. The molecule has 2 rings (SSSR count). The van der Waals surface area contributed by atoms with E-state index >= 15 is 0 Å². The number of nitrogens with zero attached hydrogens (tertiary/aromatic N) is 1. The highest BCUT2D eigenvalue weighted by atomic mass is 16.7. The molecule has 1 aromatic carbocycles. The number of hydrogen-bond acceptors (Lipinski definition) is 5. The summed E-state index contributed by atoms with van der Waals surface area (Å²) in [6, 6.07) is 3.76. The Balaban J connectivity index is 2.10. The van der Waals surface area contributed by atoms with E-state index in [4.69, 9.17) is 19.9 Å². The van der Waals surface area contributed by atoms with Crippen LogP contribution in [0.15, 0.2) is 12.1 Å². The van der Waals surface area contributed by atoms with Gasteiger partial charge in [-0.1, -0.05) is 0 Å². The van der Waals surface area contributed by atoms with Gasteiger partial charge in [0.2, 0.25) is 6.79 Å². The van der Waals surface area contributed by atoms with Gasteiger partial charge in [0, 0.05) is 19.2 Å². The van der Waals surface area contributed by atoms with Crippen molar-refractivity contribution in [1.29, 1.82) is 0 Å². The summed E-state index contributed by atoms with van der Waals surface area (Å²) in [4.78, 5) is 13.6. The van der Waals surface area contributed by atoms with Gasteiger partial charge in [0.1, 0.15) is 5.75 Å². The lowest BCUT2D eigenvalue weighted by atomic mass is 10.1. The number of ether oxygens (including phenoxy) is 3. The Morgan fingerprint density at radius 3 is 2.67 bits per heavy atom. The molecule has 0 radical (unpaired) electrons. The van der Waals surface area contributed by atoms with Crippen molar-refractivity contribution in [1.82, 2.24) is 4.90 Å². The summed E-state index contributed by atoms with van der Waals surface area (Å²) in [6.45, 7) is 4.61. The van der Waals surface area contributed by atoms with Gasteiger partial charge < -0.3 is 24.8 Å². The van der Waals surface area contributed by atoms with Crippen molar-refractivity contribution in [2.45, 2.75) is 26.3 Å². The molecule has 2 N–H and O–H groups in total. The average Bonchev–Trinajstić information content (AvgIpc) is 2.90. The fourth-order valence-electron chi connectivity index (χ4n) is 1.98. The molecule has 0 unspecified atom stereocenters. The van der Waals surface area contributed by atoms with E-state index < -0.39 is 0 Å². The third-order valence-electron chi connectivity index (χ3n) is 3.49. The van der Waals surface area contributed by atoms with Crippen LogP contribution in [-0.2, 0) is 11.2 Å². The lowest BCUT2D eigenvalue weighted by molar-refractivity contribution is -0.133. The van der Waals surface area contributed by atoms with E-state index in [2.05, 4.69) is 0 Å². The van der Waals surface area contributed by atoms with Crippen LogP contribution in [0.5, 0.6) is 17.2 Å². The van der Waals surface area contributed by atoms with E-state index in [9.17, 15) is 4.79 Å². The van der Waals surface area contributed by atoms with Crippen LogP contribution in [0.1, 0.15) is 19.4 Å². The molecule has 0 saturated heterocycles. The first-order valence-corrected chi connectivity index (χ1v) is 7.04. The second-order valence-electron chi connectivity index (χ2n) is 5.24. The fraction of sp³-hybridized carbons (Fsp3) is 0.533. The molecule has 1 aromatic rings. The van der Waals surface area contributed by atoms with Crippen molar-refractivity contribution in [3.05, 3.63) is 17.7 Å². The Morgan fingerprint density at radius 2 is 2.05 bits per heavy atom. The van der Waals surface area contributed by atoms with Crippen LogP contribution < -0.4 is 19.9 Å². The van der Waals surface area contributed by atoms with E-state index in [-0.39, 0.29) is 25.3 Å². The molecule has 0 saturated carbocycles. The van der Waals surface area contributed by atoms with E-state index in [0.717, 1.165) is 5.56 Å². The molecule has 21 heavy (non-hydrogen) atoms. The molecule has 116 valence electrons. The molecule has 0 aliphatic carbocycles. The number of amides is 1. The number of likely N-dealkylation sites (N-methyl/N-ethyl adjacent to an activating group) is 1. The Bertz CT molecular complexity index is 517. The number of fused-ring (bicyclic) bond motifs is 1. The highest BCUT2D eigenvalue weighted by molar-refractivity contribution is 5.77. The van der Waals surface area contributed by atoms with Crippen LogP contribution in [0.4, 0.5) is 0 Å². The predicted octanol–water partition coefficient (Wildman–Crippen LogP) is 1.16. The van der Waals surface area contributed by atoms with Gasteiger partial charge in [-0.15, -0.1) is 0 Å². The van der Waals surface area contributed by atoms with Crippen LogP contribution in [0, 0.1) is 0 Å². The number of nitrogens with two attached hydrogens (primary N) is 1. The van der Waals surface area contributed by atoms with E-state index in [1.165, 1.54) is 0 Å². The first-order valence-electron chi connectivity index (χ1n) is 7.04. The topological polar surface area (TPSA) is 74.0 Å². The standard InChI is InChI=1S/C15H22N2O4/c1-10(2)17(3)15(18)8-19-12-7-14-13(20-9-21-14)6-11(12)4-5-16/h6-7,10H,4-5,8-9,16H2,1-3H3. The van der Waals surface area contributed by atoms with Gasteiger partial charge in [-0.25, -0.2) is 0 Å². The summed E-state index contributed by atoms with van der Waals surface area (Å²) in [5, 5.41) is 0. The molecular weight excluding hydrogens is 272 g/mol. The largest absolute Gasteiger partial charge is 0.483 e. The predicted molar refractivity (Wildman–Crippen MR) is 78.7 cm³/mol. The first-order chi connectivity index (χ1) is 10.0. The van der Waals surface area contributed by atoms with Gasteiger partial charge in [-0.2, -0.15) is 0 Å². The third-order valence-corrected chi connectivity index (χ3v) is 3.49. The summed E-state index contributed by atoms with van der Waals surface area (Å²) in [5.41, 5.74) is 6.53. The lowest BCUT2D eigenvalue weighted by Gasteiger charge is -2.22. The zero-order chi connectivity index (χ0) is 15.4. The van der Waals surface area contributed by atoms with Gasteiger partial charge >= 0.3 is 0 Å². The number of rotatable bonds is 6. The highest BCUT2D eigenvalue weighted by Crippen LogP contribution is 2.38. The fourth-order valence-corrected chi connectivity index (χ4v) is 1.98. The van der Waals surface area contributed by atoms with Crippen LogP contribution in [0.25, 0.3) is 0 Å². The monoisotopic (exact) mass is 294 g/mol. The highest BCUT2D eigenvalue weighted by Gasteiger charge is 2.19. The van der Waals surface area contributed by atoms with Gasteiger partial charge in [0.05, 0.1) is 0 Å². The number of benzene rings is 1. The lowest BCUT2D eigenvalue weighted by Crippen LogP contribution is -2.36. The zero-order valence-corrected chi connectivity index (χ0v) is 12.7. The Morgan fingerprint density at radius 1 is 1.38 bits per heavy atom. The molecule has 0 aromatic heterocycles. The minimum atomic E-state index is -0.0682. The first kappa shape index (κ1) is 15.4. The minimum absolute atomic E-state index is 0.00804. The van der Waals surface area contributed by atoms with Crippen molar-refractivity contribution in [3.8, 4) is 17.2 Å². The summed E-state index contributed by atoms with van der Waals surface area (Å²) < 4.78 is 16.3. The van der Waals surface area contributed by atoms with Crippen molar-refractivity contribution >= 4 is 5.91 Å². The summed E-state index contributed by atoms with van der Waals surface area (Å²) in [6.07, 6.45) is 0.653. The second-order valence-corrected chi connectivity index (χ2v) is 5.24. The van der Waals surface area contributed by atoms with Crippen molar-refractivity contribution in [2.75, 3.05) is 27.0 Å². The Hall–Kier alpha value is -1.95. The zero-order valence-electron chi connectivity index (χ0n) is 12.7. The van der Waals surface area contributed by atoms with Crippen molar-refractivity contribution in [3.63, 3.8) is 0 Å². The van der Waals surface area contributed by atoms with E-state index in [1.807, 2.05) is 19.9 Å². The molecule has 1 heterocycles. The maximum absolute atomic E-state index is 12.0. The Kier molecular flexibility index (Phi) is 4.90. The quantitative estimate of drug-likeness (QED) is 0.852. The maximum Gasteiger partial charge on any atom is 0.260 e. The van der Waals surface area contributed by atoms with Gasteiger partial charge in [-0.3, -0.25) is 4.79 Å². The molecule has 1 aliphatic rings. The average molecular weight is 294 g/mol. The SMILES string of the molecule is CC(C)N(C)C(=O)COc1cc2c(cc1CCN)OCO2. The van der Waals surface area contributed by atoms with Crippen molar-refractivity contribution in [2.24, 2.45) is 5.73 Å². The van der Waals surface area contributed by atoms with E-state index in [0.29, 0.717) is 30.2 Å². The second kappa shape index (κ2) is 6.67. The summed E-state index contributed by atoms with van der Waals surface area (Å²) in [7, 11) is 1.76. The number of hydrogen-bond donors (Lipinski definition) is 1. The van der Waals surface area contributed by atoms with Gasteiger partial charge in [0.15, 0.2) is 18.1 Å². The number of carbonyl (C=O) groups is 1. The molecule has 0 spiro atoms. The molecule has 6 nitrogen and oxygen atoms in total. The van der Waals surface area contributed by atoms with Crippen LogP contribution in [-0.4, -0.2) is 43.8 Å². The van der Waals surface area contributed by atoms with E-state index in [1.54, 1.807) is 18.0 Å². The molecule has 0 fully saturated rings. The van der Waals surface area contributed by atoms with Gasteiger partial charge in [-0.05, 0) is 38.4 Å². The molecule has 1 amide bonds. The van der Waals surface area contributed by atoms with Crippen LogP contribution in [0.2, 0.25) is 0 Å². The molecule has 0 bridgehead atoms. The molecule has 1 aliphatic heterocycles. The number of carbonyl (C=O) groups excluding carboxylic acids is 1.